The first-order valence-corrected chi connectivity index (χ1v) is 7.01. The molecule has 0 aliphatic rings. The van der Waals surface area contributed by atoms with Gasteiger partial charge in [-0.05, 0) is 18.2 Å². The monoisotopic (exact) mass is 316 g/mol. The molecule has 2 rings (SSSR count). The Balaban J connectivity index is 2.07. The van der Waals surface area contributed by atoms with Gasteiger partial charge in [0.25, 0.3) is 5.91 Å². The number of nitrogens with two attached hydrogens (primary N) is 1. The van der Waals surface area contributed by atoms with Gasteiger partial charge in [0, 0.05) is 4.90 Å². The van der Waals surface area contributed by atoms with E-state index in [-0.39, 0.29) is 0 Å². The molecule has 1 aromatic heterocycles. The molecule has 0 aliphatic carbocycles. The number of carbonyl (C=O) groups is 1. The quantitative estimate of drug-likeness (QED) is 0.392. The third kappa shape index (κ3) is 3.45. The van der Waals surface area contributed by atoms with Crippen molar-refractivity contribution in [2.75, 3.05) is 0 Å². The second-order valence-corrected chi connectivity index (χ2v) is 5.41. The summed E-state index contributed by atoms with van der Waals surface area (Å²) in [4.78, 5) is 12.0. The van der Waals surface area contributed by atoms with Gasteiger partial charge < -0.3 is 4.42 Å². The van der Waals surface area contributed by atoms with Crippen LogP contribution in [0, 0.1) is 0 Å². The zero-order valence-electron chi connectivity index (χ0n) is 9.65. The minimum atomic E-state index is -0.393. The van der Waals surface area contributed by atoms with E-state index in [1.807, 2.05) is 5.43 Å². The topological polar surface area (TPSA) is 68.3 Å². The molecule has 0 fully saturated rings. The average Bonchev–Trinajstić information content (AvgIpc) is 2.86. The summed E-state index contributed by atoms with van der Waals surface area (Å²) >= 11 is 13.6. The van der Waals surface area contributed by atoms with Gasteiger partial charge in [0.15, 0.2) is 0 Å². The Bertz CT molecular complexity index is 581. The van der Waals surface area contributed by atoms with Crippen LogP contribution < -0.4 is 11.3 Å². The third-order valence-electron chi connectivity index (χ3n) is 2.32. The zero-order chi connectivity index (χ0) is 13.8. The number of benzene rings is 1. The van der Waals surface area contributed by atoms with Crippen molar-refractivity contribution >= 4 is 40.9 Å². The van der Waals surface area contributed by atoms with Crippen molar-refractivity contribution in [2.45, 2.75) is 10.6 Å². The number of halogens is 2. The average molecular weight is 317 g/mol. The van der Waals surface area contributed by atoms with Crippen LogP contribution in [-0.4, -0.2) is 5.91 Å². The van der Waals surface area contributed by atoms with Gasteiger partial charge in [0.05, 0.1) is 21.4 Å². The smallest absolute Gasteiger partial charge is 0.268 e. The standard InChI is InChI=1S/C12H10Cl2N2O2S/c13-9-2-1-3-10(14)11(9)19-6-8-4-7(5-18-8)12(17)16-15/h1-5H,6,15H2,(H,16,17). The predicted molar refractivity (Wildman–Crippen MR) is 76.4 cm³/mol. The molecule has 1 aromatic carbocycles. The van der Waals surface area contributed by atoms with Crippen molar-refractivity contribution in [3.8, 4) is 0 Å². The Hall–Kier alpha value is -1.14. The van der Waals surface area contributed by atoms with Crippen LogP contribution in [0.4, 0.5) is 0 Å². The molecule has 0 unspecified atom stereocenters. The largest absolute Gasteiger partial charge is 0.468 e. The van der Waals surface area contributed by atoms with Crippen molar-refractivity contribution in [1.29, 1.82) is 0 Å². The van der Waals surface area contributed by atoms with E-state index >= 15 is 0 Å². The maximum atomic E-state index is 11.3. The minimum absolute atomic E-state index is 0.378. The van der Waals surface area contributed by atoms with E-state index in [0.717, 1.165) is 4.90 Å². The zero-order valence-corrected chi connectivity index (χ0v) is 12.0. The summed E-state index contributed by atoms with van der Waals surface area (Å²) in [6, 6.07) is 6.95. The number of carbonyl (C=O) groups excluding carboxylic acids is 1. The normalized spacial score (nSPS) is 10.5. The molecule has 3 N–H and O–H groups in total. The highest BCUT2D eigenvalue weighted by molar-refractivity contribution is 7.98. The summed E-state index contributed by atoms with van der Waals surface area (Å²) in [5, 5.41) is 1.17. The van der Waals surface area contributed by atoms with Crippen molar-refractivity contribution in [1.82, 2.24) is 5.43 Å². The van der Waals surface area contributed by atoms with E-state index in [4.69, 9.17) is 33.5 Å². The molecule has 19 heavy (non-hydrogen) atoms. The molecule has 1 heterocycles. The lowest BCUT2D eigenvalue weighted by Crippen LogP contribution is -2.29. The van der Waals surface area contributed by atoms with Crippen LogP contribution in [0.3, 0.4) is 0 Å². The van der Waals surface area contributed by atoms with Crippen LogP contribution in [0.2, 0.25) is 10.0 Å². The van der Waals surface area contributed by atoms with Gasteiger partial charge in [-0.3, -0.25) is 10.2 Å². The lowest BCUT2D eigenvalue weighted by molar-refractivity contribution is 0.0953. The summed E-state index contributed by atoms with van der Waals surface area (Å²) in [6.07, 6.45) is 1.35. The van der Waals surface area contributed by atoms with Crippen LogP contribution in [-0.2, 0) is 5.75 Å². The molecule has 0 spiro atoms. The molecule has 7 heteroatoms. The summed E-state index contributed by atoms with van der Waals surface area (Å²) in [5.41, 5.74) is 2.42. The molecule has 4 nitrogen and oxygen atoms in total. The molecular weight excluding hydrogens is 307 g/mol. The highest BCUT2D eigenvalue weighted by atomic mass is 35.5. The first kappa shape index (κ1) is 14.3. The second-order valence-electron chi connectivity index (χ2n) is 3.61. The molecule has 0 atom stereocenters. The van der Waals surface area contributed by atoms with Gasteiger partial charge >= 0.3 is 0 Å². The SMILES string of the molecule is NNC(=O)c1coc(CSc2c(Cl)cccc2Cl)c1. The fraction of sp³-hybridized carbons (Fsp3) is 0.0833. The van der Waals surface area contributed by atoms with Crippen LogP contribution in [0.5, 0.6) is 0 Å². The fourth-order valence-electron chi connectivity index (χ4n) is 1.42. The Labute approximate surface area is 124 Å². The van der Waals surface area contributed by atoms with Gasteiger partial charge in [0.1, 0.15) is 12.0 Å². The maximum Gasteiger partial charge on any atom is 0.268 e. The van der Waals surface area contributed by atoms with Gasteiger partial charge in [-0.1, -0.05) is 29.3 Å². The van der Waals surface area contributed by atoms with Gasteiger partial charge in [0.2, 0.25) is 0 Å². The summed E-state index contributed by atoms with van der Waals surface area (Å²) in [7, 11) is 0. The molecule has 2 aromatic rings. The first-order valence-electron chi connectivity index (χ1n) is 5.27. The Morgan fingerprint density at radius 2 is 2.05 bits per heavy atom. The molecule has 0 saturated heterocycles. The molecular formula is C12H10Cl2N2O2S. The Morgan fingerprint density at radius 3 is 2.68 bits per heavy atom. The highest BCUT2D eigenvalue weighted by Crippen LogP contribution is 2.35. The molecule has 0 saturated carbocycles. The third-order valence-corrected chi connectivity index (χ3v) is 4.34. The van der Waals surface area contributed by atoms with Crippen molar-refractivity contribution in [2.24, 2.45) is 5.84 Å². The minimum Gasteiger partial charge on any atom is -0.468 e. The Kier molecular flexibility index (Phi) is 4.76. The van der Waals surface area contributed by atoms with Crippen LogP contribution in [0.1, 0.15) is 16.1 Å². The number of furan rings is 1. The number of hydrazine groups is 1. The summed E-state index contributed by atoms with van der Waals surface area (Å²) in [6.45, 7) is 0. The number of hydrogen-bond acceptors (Lipinski definition) is 4. The maximum absolute atomic E-state index is 11.3. The van der Waals surface area contributed by atoms with Crippen LogP contribution in [0.25, 0.3) is 0 Å². The Morgan fingerprint density at radius 1 is 1.37 bits per heavy atom. The number of amides is 1. The van der Waals surface area contributed by atoms with Crippen LogP contribution >= 0.6 is 35.0 Å². The van der Waals surface area contributed by atoms with Crippen molar-refractivity contribution in [3.05, 3.63) is 51.9 Å². The number of nitrogen functional groups attached to an aromatic ring is 1. The van der Waals surface area contributed by atoms with Crippen LogP contribution in [0.15, 0.2) is 39.8 Å². The first-order chi connectivity index (χ1) is 9.11. The molecule has 0 radical (unpaired) electrons. The van der Waals surface area contributed by atoms with Gasteiger partial charge in [-0.25, -0.2) is 5.84 Å². The van der Waals surface area contributed by atoms with E-state index in [1.165, 1.54) is 18.0 Å². The van der Waals surface area contributed by atoms with E-state index < -0.39 is 5.91 Å². The lowest BCUT2D eigenvalue weighted by atomic mass is 10.3. The summed E-state index contributed by atoms with van der Waals surface area (Å²) < 4.78 is 5.27. The van der Waals surface area contributed by atoms with E-state index in [2.05, 4.69) is 0 Å². The number of thioether (sulfide) groups is 1. The molecule has 100 valence electrons. The molecule has 0 aliphatic heterocycles. The van der Waals surface area contributed by atoms with Crippen molar-refractivity contribution in [3.63, 3.8) is 0 Å². The fourth-order valence-corrected chi connectivity index (χ4v) is 3.00. The predicted octanol–water partition coefficient (Wildman–Crippen LogP) is 3.48. The number of nitrogens with one attached hydrogen (secondary N) is 1. The lowest BCUT2D eigenvalue weighted by Gasteiger charge is -2.04. The number of rotatable bonds is 4. The van der Waals surface area contributed by atoms with Gasteiger partial charge in [-0.15, -0.1) is 11.8 Å². The summed E-state index contributed by atoms with van der Waals surface area (Å²) in [5.74, 6) is 5.80. The molecule has 1 amide bonds. The van der Waals surface area contributed by atoms with E-state index in [0.29, 0.717) is 27.1 Å². The second kappa shape index (κ2) is 6.34. The molecule has 0 bridgehead atoms. The van der Waals surface area contributed by atoms with Gasteiger partial charge in [-0.2, -0.15) is 0 Å². The number of hydrogen-bond donors (Lipinski definition) is 2. The van der Waals surface area contributed by atoms with E-state index in [1.54, 1.807) is 24.3 Å². The highest BCUT2D eigenvalue weighted by Gasteiger charge is 2.11. The van der Waals surface area contributed by atoms with Crippen molar-refractivity contribution < 1.29 is 9.21 Å². The van der Waals surface area contributed by atoms with E-state index in [9.17, 15) is 4.79 Å².